The van der Waals surface area contributed by atoms with Gasteiger partial charge in [-0.25, -0.2) is 8.78 Å². The van der Waals surface area contributed by atoms with E-state index in [0.717, 1.165) is 53.2 Å². The van der Waals surface area contributed by atoms with Crippen LogP contribution in [0.5, 0.6) is 0 Å². The summed E-state index contributed by atoms with van der Waals surface area (Å²) in [6, 6.07) is 8.24. The maximum Gasteiger partial charge on any atom is 0.308 e. The van der Waals surface area contributed by atoms with E-state index in [0.29, 0.717) is 5.69 Å². The number of H-pyrrole nitrogens is 1. The van der Waals surface area contributed by atoms with Crippen molar-refractivity contribution >= 4 is 27.8 Å². The minimum absolute atomic E-state index is 0.0624. The highest BCUT2D eigenvalue weighted by molar-refractivity contribution is 5.99. The van der Waals surface area contributed by atoms with Crippen LogP contribution in [0, 0.1) is 17.6 Å². The van der Waals surface area contributed by atoms with E-state index in [1.165, 1.54) is 24.8 Å². The van der Waals surface area contributed by atoms with Crippen LogP contribution in [-0.2, 0) is 9.53 Å². The number of esters is 1. The third-order valence-corrected chi connectivity index (χ3v) is 6.98. The molecular formula is C26H27F2N3O2. The number of hydrogen-bond donors (Lipinski definition) is 1. The van der Waals surface area contributed by atoms with Gasteiger partial charge in [-0.05, 0) is 67.3 Å². The summed E-state index contributed by atoms with van der Waals surface area (Å²) in [6.07, 6.45) is 5.07. The van der Waals surface area contributed by atoms with Crippen molar-refractivity contribution in [3.63, 3.8) is 0 Å². The number of carbonyl (C=O) groups excluding carboxylic acids is 1. The highest BCUT2D eigenvalue weighted by Crippen LogP contribution is 2.45. The molecule has 0 aliphatic heterocycles. The lowest BCUT2D eigenvalue weighted by Crippen LogP contribution is -2.22. The molecule has 0 spiro atoms. The zero-order chi connectivity index (χ0) is 23.3. The molecule has 0 atom stereocenters. The fourth-order valence-electron chi connectivity index (χ4n) is 5.45. The van der Waals surface area contributed by atoms with Crippen molar-refractivity contribution in [3.05, 3.63) is 59.4 Å². The molecule has 2 aromatic carbocycles. The molecule has 1 aliphatic carbocycles. The van der Waals surface area contributed by atoms with E-state index in [9.17, 15) is 13.6 Å². The first-order chi connectivity index (χ1) is 15.9. The molecule has 172 valence electrons. The number of nitrogens with one attached hydrogen (secondary N) is 1. The first-order valence-corrected chi connectivity index (χ1v) is 11.4. The van der Waals surface area contributed by atoms with Crippen LogP contribution >= 0.6 is 0 Å². The predicted molar refractivity (Wildman–Crippen MR) is 124 cm³/mol. The maximum absolute atomic E-state index is 14.3. The smallest absolute Gasteiger partial charge is 0.308 e. The molecule has 2 aromatic heterocycles. The van der Waals surface area contributed by atoms with Crippen molar-refractivity contribution in [1.29, 1.82) is 0 Å². The van der Waals surface area contributed by atoms with Gasteiger partial charge in [0.1, 0.15) is 0 Å². The largest absolute Gasteiger partial charge is 0.469 e. The number of fused-ring (bicyclic) bond motifs is 2. The Balaban J connectivity index is 1.73. The molecule has 0 bridgehead atoms. The third-order valence-electron chi connectivity index (χ3n) is 6.98. The lowest BCUT2D eigenvalue weighted by molar-refractivity contribution is -0.146. The molecular weight excluding hydrogens is 424 g/mol. The van der Waals surface area contributed by atoms with Gasteiger partial charge >= 0.3 is 5.97 Å². The second-order valence-electron chi connectivity index (χ2n) is 9.29. The van der Waals surface area contributed by atoms with Gasteiger partial charge < -0.3 is 9.30 Å². The molecule has 0 radical (unpaired) electrons. The number of rotatable bonds is 4. The Labute approximate surface area is 190 Å². The zero-order valence-corrected chi connectivity index (χ0v) is 19.0. The zero-order valence-electron chi connectivity index (χ0n) is 19.0. The Bertz CT molecular complexity index is 1350. The first-order valence-electron chi connectivity index (χ1n) is 11.4. The SMILES string of the molecule is COC(=O)C1CCC(c2c(C(C)C)n(-c3ccc(F)c(F)c3)c3cc4cn[nH]c4cc23)CC1. The number of nitrogens with zero attached hydrogens (tertiary/aromatic N) is 2. The van der Waals surface area contributed by atoms with E-state index in [1.54, 1.807) is 12.3 Å². The van der Waals surface area contributed by atoms with Gasteiger partial charge in [0.15, 0.2) is 11.6 Å². The van der Waals surface area contributed by atoms with Gasteiger partial charge in [-0.15, -0.1) is 0 Å². The molecule has 5 rings (SSSR count). The molecule has 0 saturated heterocycles. The van der Waals surface area contributed by atoms with Gasteiger partial charge in [-0.2, -0.15) is 5.10 Å². The topological polar surface area (TPSA) is 59.9 Å². The summed E-state index contributed by atoms with van der Waals surface area (Å²) in [5.74, 6) is -1.52. The second kappa shape index (κ2) is 8.28. The fourth-order valence-corrected chi connectivity index (χ4v) is 5.45. The van der Waals surface area contributed by atoms with Crippen LogP contribution in [0.25, 0.3) is 27.5 Å². The van der Waals surface area contributed by atoms with E-state index >= 15 is 0 Å². The quantitative estimate of drug-likeness (QED) is 0.368. The molecule has 1 fully saturated rings. The lowest BCUT2D eigenvalue weighted by Gasteiger charge is -2.28. The molecule has 1 N–H and O–H groups in total. The number of hydrogen-bond acceptors (Lipinski definition) is 3. The first kappa shape index (κ1) is 21.6. The van der Waals surface area contributed by atoms with E-state index < -0.39 is 11.6 Å². The Kier molecular flexibility index (Phi) is 5.43. The average Bonchev–Trinajstić information content (AvgIpc) is 3.40. The van der Waals surface area contributed by atoms with Gasteiger partial charge in [-0.1, -0.05) is 13.8 Å². The molecule has 0 amide bonds. The molecule has 2 heterocycles. The van der Waals surface area contributed by atoms with Crippen LogP contribution in [-0.4, -0.2) is 27.8 Å². The van der Waals surface area contributed by atoms with E-state index in [2.05, 4.69) is 40.7 Å². The highest BCUT2D eigenvalue weighted by Gasteiger charge is 2.32. The number of aromatic amines is 1. The Morgan fingerprint density at radius 2 is 1.88 bits per heavy atom. The molecule has 1 saturated carbocycles. The Morgan fingerprint density at radius 3 is 2.55 bits per heavy atom. The minimum atomic E-state index is -0.867. The van der Waals surface area contributed by atoms with Gasteiger partial charge in [0.05, 0.1) is 30.3 Å². The van der Waals surface area contributed by atoms with Gasteiger partial charge in [0.2, 0.25) is 0 Å². The van der Waals surface area contributed by atoms with E-state index in [-0.39, 0.29) is 23.7 Å². The van der Waals surface area contributed by atoms with Crippen molar-refractivity contribution in [2.75, 3.05) is 7.11 Å². The summed E-state index contributed by atoms with van der Waals surface area (Å²) in [6.45, 7) is 4.25. The summed E-state index contributed by atoms with van der Waals surface area (Å²) in [7, 11) is 1.44. The summed E-state index contributed by atoms with van der Waals surface area (Å²) in [5.41, 5.74) is 4.80. The molecule has 0 unspecified atom stereocenters. The average molecular weight is 452 g/mol. The van der Waals surface area contributed by atoms with Crippen molar-refractivity contribution in [2.24, 2.45) is 5.92 Å². The summed E-state index contributed by atoms with van der Waals surface area (Å²) < 4.78 is 35.0. The Morgan fingerprint density at radius 1 is 1.12 bits per heavy atom. The van der Waals surface area contributed by atoms with Crippen LogP contribution < -0.4 is 0 Å². The predicted octanol–water partition coefficient (Wildman–Crippen LogP) is 6.36. The normalized spacial score (nSPS) is 19.0. The number of halogens is 2. The van der Waals surface area contributed by atoms with Crippen molar-refractivity contribution in [2.45, 2.75) is 51.4 Å². The Hall–Kier alpha value is -3.22. The third kappa shape index (κ3) is 3.59. The number of benzene rings is 2. The van der Waals surface area contributed by atoms with E-state index in [1.807, 2.05) is 0 Å². The van der Waals surface area contributed by atoms with Gasteiger partial charge in [-0.3, -0.25) is 9.89 Å². The molecule has 4 aromatic rings. The number of methoxy groups -OCH3 is 1. The van der Waals surface area contributed by atoms with Crippen LogP contribution in [0.15, 0.2) is 36.5 Å². The summed E-state index contributed by atoms with van der Waals surface area (Å²) in [5, 5.41) is 9.27. The molecule has 33 heavy (non-hydrogen) atoms. The summed E-state index contributed by atoms with van der Waals surface area (Å²) in [4.78, 5) is 12.1. The van der Waals surface area contributed by atoms with Gasteiger partial charge in [0, 0.05) is 28.2 Å². The summed E-state index contributed by atoms with van der Waals surface area (Å²) >= 11 is 0. The van der Waals surface area contributed by atoms with Crippen molar-refractivity contribution in [3.8, 4) is 5.69 Å². The fraction of sp³-hybridized carbons (Fsp3) is 0.385. The van der Waals surface area contributed by atoms with Crippen LogP contribution in [0.1, 0.15) is 62.6 Å². The van der Waals surface area contributed by atoms with Crippen LogP contribution in [0.3, 0.4) is 0 Å². The van der Waals surface area contributed by atoms with Crippen LogP contribution in [0.4, 0.5) is 8.78 Å². The monoisotopic (exact) mass is 451 g/mol. The standard InChI is InChI=1S/C26H27F2N3O2/c1-14(2)25-24(15-4-6-16(7-5-15)26(32)33-3)19-12-22-17(13-29-30-22)10-23(19)31(25)18-8-9-20(27)21(28)11-18/h8-16H,4-7H2,1-3H3,(H,29,30). The van der Waals surface area contributed by atoms with Crippen molar-refractivity contribution < 1.29 is 18.3 Å². The van der Waals surface area contributed by atoms with Gasteiger partial charge in [0.25, 0.3) is 0 Å². The minimum Gasteiger partial charge on any atom is -0.469 e. The van der Waals surface area contributed by atoms with Crippen molar-refractivity contribution in [1.82, 2.24) is 14.8 Å². The van der Waals surface area contributed by atoms with Crippen LogP contribution in [0.2, 0.25) is 0 Å². The molecule has 7 heteroatoms. The molecule has 1 aliphatic rings. The number of ether oxygens (including phenoxy) is 1. The maximum atomic E-state index is 14.3. The lowest BCUT2D eigenvalue weighted by atomic mass is 9.77. The molecule has 5 nitrogen and oxygen atoms in total. The van der Waals surface area contributed by atoms with E-state index in [4.69, 9.17) is 4.74 Å². The number of aromatic nitrogens is 3. The highest BCUT2D eigenvalue weighted by atomic mass is 19.2. The second-order valence-corrected chi connectivity index (χ2v) is 9.29. The number of carbonyl (C=O) groups is 1.